The van der Waals surface area contributed by atoms with Crippen molar-refractivity contribution in [3.63, 3.8) is 0 Å². The van der Waals surface area contributed by atoms with Crippen LogP contribution in [0.25, 0.3) is 0 Å². The number of benzene rings is 1. The number of piperidine rings is 1. The number of pyridine rings is 1. The molecule has 2 amide bonds. The summed E-state index contributed by atoms with van der Waals surface area (Å²) < 4.78 is 0. The minimum Gasteiger partial charge on any atom is -0.350 e. The summed E-state index contributed by atoms with van der Waals surface area (Å²) in [5.74, 6) is 0.152. The van der Waals surface area contributed by atoms with E-state index in [1.165, 1.54) is 0 Å². The van der Waals surface area contributed by atoms with Crippen molar-refractivity contribution in [3.05, 3.63) is 66.0 Å². The first-order chi connectivity index (χ1) is 12.7. The first-order valence-corrected chi connectivity index (χ1v) is 9.20. The van der Waals surface area contributed by atoms with Crippen molar-refractivity contribution in [2.75, 3.05) is 13.1 Å². The van der Waals surface area contributed by atoms with Gasteiger partial charge in [-0.1, -0.05) is 36.4 Å². The fourth-order valence-corrected chi connectivity index (χ4v) is 4.12. The Bertz CT molecular complexity index is 783. The molecule has 0 saturated carbocycles. The fraction of sp³-hybridized carbons (Fsp3) is 0.381. The van der Waals surface area contributed by atoms with Crippen molar-refractivity contribution in [2.24, 2.45) is 0 Å². The van der Waals surface area contributed by atoms with Crippen LogP contribution in [0.15, 0.2) is 54.7 Å². The Hall–Kier alpha value is -2.69. The van der Waals surface area contributed by atoms with Crippen LogP contribution in [-0.2, 0) is 16.0 Å². The maximum Gasteiger partial charge on any atom is 0.228 e. The Morgan fingerprint density at radius 3 is 2.54 bits per heavy atom. The lowest BCUT2D eigenvalue weighted by Crippen LogP contribution is -2.52. The maximum atomic E-state index is 12.5. The van der Waals surface area contributed by atoms with Gasteiger partial charge in [0.25, 0.3) is 0 Å². The zero-order chi connectivity index (χ0) is 18.0. The second kappa shape index (κ2) is 6.90. The molecular weight excluding hydrogens is 326 g/mol. The second-order valence-electron chi connectivity index (χ2n) is 7.32. The summed E-state index contributed by atoms with van der Waals surface area (Å²) in [4.78, 5) is 31.2. The highest BCUT2D eigenvalue weighted by molar-refractivity contribution is 5.87. The van der Waals surface area contributed by atoms with Crippen LogP contribution in [0, 0.1) is 0 Å². The third-order valence-electron chi connectivity index (χ3n) is 5.63. The van der Waals surface area contributed by atoms with E-state index in [-0.39, 0.29) is 23.3 Å². The quantitative estimate of drug-likeness (QED) is 0.925. The molecule has 4 rings (SSSR count). The largest absolute Gasteiger partial charge is 0.350 e. The number of nitrogens with one attached hydrogen (secondary N) is 1. The highest BCUT2D eigenvalue weighted by Gasteiger charge is 2.46. The minimum atomic E-state index is -0.167. The number of aromatic nitrogens is 1. The molecule has 1 N–H and O–H groups in total. The van der Waals surface area contributed by atoms with E-state index in [1.807, 2.05) is 53.4 Å². The van der Waals surface area contributed by atoms with Gasteiger partial charge in [-0.15, -0.1) is 0 Å². The SMILES string of the molecule is O=C1NC2(CCN(C(=O)Cc3ccccn3)CC2)C[C@@H]1c1ccccc1. The molecule has 2 fully saturated rings. The van der Waals surface area contributed by atoms with Gasteiger partial charge in [0, 0.05) is 30.5 Å². The van der Waals surface area contributed by atoms with Crippen LogP contribution in [-0.4, -0.2) is 40.3 Å². The summed E-state index contributed by atoms with van der Waals surface area (Å²) in [6.07, 6.45) is 4.50. The first kappa shape index (κ1) is 16.8. The molecule has 1 spiro atoms. The molecule has 5 nitrogen and oxygen atoms in total. The van der Waals surface area contributed by atoms with Gasteiger partial charge in [-0.05, 0) is 37.0 Å². The van der Waals surface area contributed by atoms with E-state index in [2.05, 4.69) is 10.3 Å². The topological polar surface area (TPSA) is 62.3 Å². The molecule has 1 aromatic heterocycles. The van der Waals surface area contributed by atoms with Gasteiger partial charge in [0.15, 0.2) is 0 Å². The molecule has 134 valence electrons. The predicted molar refractivity (Wildman–Crippen MR) is 98.4 cm³/mol. The number of carbonyl (C=O) groups is 2. The molecule has 2 aromatic rings. The highest BCUT2D eigenvalue weighted by atomic mass is 16.2. The van der Waals surface area contributed by atoms with Crippen molar-refractivity contribution in [3.8, 4) is 0 Å². The first-order valence-electron chi connectivity index (χ1n) is 9.20. The van der Waals surface area contributed by atoms with E-state index in [9.17, 15) is 9.59 Å². The summed E-state index contributed by atoms with van der Waals surface area (Å²) in [6.45, 7) is 1.38. The Morgan fingerprint density at radius 2 is 1.85 bits per heavy atom. The van der Waals surface area contributed by atoms with Gasteiger partial charge in [-0.2, -0.15) is 0 Å². The van der Waals surface area contributed by atoms with Gasteiger partial charge in [0.2, 0.25) is 11.8 Å². The van der Waals surface area contributed by atoms with Crippen LogP contribution in [0.1, 0.15) is 36.4 Å². The van der Waals surface area contributed by atoms with Crippen molar-refractivity contribution in [2.45, 2.75) is 37.1 Å². The molecule has 0 aliphatic carbocycles. The van der Waals surface area contributed by atoms with Crippen LogP contribution in [0.5, 0.6) is 0 Å². The summed E-state index contributed by atoms with van der Waals surface area (Å²) in [6, 6.07) is 15.6. The molecule has 26 heavy (non-hydrogen) atoms. The average molecular weight is 349 g/mol. The van der Waals surface area contributed by atoms with E-state index in [1.54, 1.807) is 6.20 Å². The molecule has 1 atom stereocenters. The summed E-state index contributed by atoms with van der Waals surface area (Å²) in [5, 5.41) is 3.24. The Kier molecular flexibility index (Phi) is 4.45. The predicted octanol–water partition coefficient (Wildman–Crippen LogP) is 2.29. The van der Waals surface area contributed by atoms with E-state index in [0.29, 0.717) is 19.5 Å². The number of carbonyl (C=O) groups excluding carboxylic acids is 2. The summed E-state index contributed by atoms with van der Waals surface area (Å²) in [5.41, 5.74) is 1.71. The van der Waals surface area contributed by atoms with Crippen LogP contribution in [0.3, 0.4) is 0 Å². The van der Waals surface area contributed by atoms with Crippen molar-refractivity contribution < 1.29 is 9.59 Å². The number of amides is 2. The molecular formula is C21H23N3O2. The fourth-order valence-electron chi connectivity index (χ4n) is 4.12. The van der Waals surface area contributed by atoms with Gasteiger partial charge in [-0.3, -0.25) is 14.6 Å². The Labute approximate surface area is 153 Å². The molecule has 2 saturated heterocycles. The van der Waals surface area contributed by atoms with Crippen LogP contribution in [0.4, 0.5) is 0 Å². The summed E-state index contributed by atoms with van der Waals surface area (Å²) >= 11 is 0. The van der Waals surface area contributed by atoms with E-state index < -0.39 is 0 Å². The molecule has 0 radical (unpaired) electrons. The van der Waals surface area contributed by atoms with Gasteiger partial charge < -0.3 is 10.2 Å². The molecule has 3 heterocycles. The molecule has 0 bridgehead atoms. The number of nitrogens with zero attached hydrogens (tertiary/aromatic N) is 2. The lowest BCUT2D eigenvalue weighted by molar-refractivity contribution is -0.132. The normalized spacial score (nSPS) is 21.6. The summed E-state index contributed by atoms with van der Waals surface area (Å²) in [7, 11) is 0. The van der Waals surface area contributed by atoms with Gasteiger partial charge in [-0.25, -0.2) is 0 Å². The number of likely N-dealkylation sites (tertiary alicyclic amines) is 1. The highest BCUT2D eigenvalue weighted by Crippen LogP contribution is 2.39. The third-order valence-corrected chi connectivity index (χ3v) is 5.63. The van der Waals surface area contributed by atoms with Gasteiger partial charge >= 0.3 is 0 Å². The number of rotatable bonds is 3. The Balaban J connectivity index is 1.37. The smallest absolute Gasteiger partial charge is 0.228 e. The number of hydrogen-bond acceptors (Lipinski definition) is 3. The average Bonchev–Trinajstić information content (AvgIpc) is 2.99. The van der Waals surface area contributed by atoms with Gasteiger partial charge in [0.05, 0.1) is 12.3 Å². The monoisotopic (exact) mass is 349 g/mol. The zero-order valence-electron chi connectivity index (χ0n) is 14.7. The lowest BCUT2D eigenvalue weighted by atomic mass is 9.82. The standard InChI is InChI=1S/C21H23N3O2/c25-19(14-17-8-4-5-11-22-17)24-12-9-21(10-13-24)15-18(20(26)23-21)16-6-2-1-3-7-16/h1-8,11,18H,9-10,12-15H2,(H,23,26)/t18-/m1/s1. The molecule has 1 aromatic carbocycles. The maximum absolute atomic E-state index is 12.5. The van der Waals surface area contributed by atoms with E-state index in [4.69, 9.17) is 0 Å². The number of hydrogen-bond donors (Lipinski definition) is 1. The Morgan fingerprint density at radius 1 is 1.12 bits per heavy atom. The molecule has 0 unspecified atom stereocenters. The molecule has 5 heteroatoms. The van der Waals surface area contributed by atoms with Crippen LogP contribution in [0.2, 0.25) is 0 Å². The lowest BCUT2D eigenvalue weighted by Gasteiger charge is -2.39. The van der Waals surface area contributed by atoms with Crippen molar-refractivity contribution in [1.82, 2.24) is 15.2 Å². The third kappa shape index (κ3) is 3.34. The van der Waals surface area contributed by atoms with Gasteiger partial charge in [0.1, 0.15) is 0 Å². The van der Waals surface area contributed by atoms with Crippen LogP contribution >= 0.6 is 0 Å². The second-order valence-corrected chi connectivity index (χ2v) is 7.32. The molecule has 2 aliphatic rings. The van der Waals surface area contributed by atoms with E-state index in [0.717, 1.165) is 30.5 Å². The minimum absolute atomic E-state index is 0.0769. The van der Waals surface area contributed by atoms with Crippen molar-refractivity contribution in [1.29, 1.82) is 0 Å². The zero-order valence-corrected chi connectivity index (χ0v) is 14.7. The van der Waals surface area contributed by atoms with Crippen LogP contribution < -0.4 is 5.32 Å². The molecule has 2 aliphatic heterocycles. The van der Waals surface area contributed by atoms with E-state index >= 15 is 0 Å². The van der Waals surface area contributed by atoms with Crippen molar-refractivity contribution >= 4 is 11.8 Å².